The number of hydrogen-bond acceptors (Lipinski definition) is 3. The standard InChI is InChI=1S/C16H25N3O2/c1-19(2)13-7-12-18-16(21)15(20)17-11-6-10-14-8-4-3-5-9-14/h3-5,8-9H,6-7,10-13H2,1-2H3,(H,17,20)(H,18,21). The van der Waals surface area contributed by atoms with E-state index in [1.54, 1.807) is 0 Å². The minimum absolute atomic E-state index is 0.513. The third-order valence-electron chi connectivity index (χ3n) is 3.04. The first-order valence-corrected chi connectivity index (χ1v) is 7.34. The number of nitrogens with one attached hydrogen (secondary N) is 2. The summed E-state index contributed by atoms with van der Waals surface area (Å²) in [4.78, 5) is 25.1. The molecule has 0 heterocycles. The summed E-state index contributed by atoms with van der Waals surface area (Å²) in [5.74, 6) is -1.10. The Balaban J connectivity index is 2.08. The minimum Gasteiger partial charge on any atom is -0.348 e. The van der Waals surface area contributed by atoms with Crippen LogP contribution < -0.4 is 10.6 Å². The van der Waals surface area contributed by atoms with E-state index < -0.39 is 11.8 Å². The highest BCUT2D eigenvalue weighted by Crippen LogP contribution is 2.01. The predicted octanol–water partition coefficient (Wildman–Crippen LogP) is 0.803. The molecule has 0 spiro atoms. The topological polar surface area (TPSA) is 61.4 Å². The van der Waals surface area contributed by atoms with Gasteiger partial charge in [-0.25, -0.2) is 0 Å². The first-order chi connectivity index (χ1) is 10.1. The Bertz CT molecular complexity index is 432. The van der Waals surface area contributed by atoms with Crippen molar-refractivity contribution in [2.75, 3.05) is 33.7 Å². The summed E-state index contributed by atoms with van der Waals surface area (Å²) in [6.07, 6.45) is 2.55. The monoisotopic (exact) mass is 291 g/mol. The van der Waals surface area contributed by atoms with Gasteiger partial charge in [0, 0.05) is 13.1 Å². The molecule has 0 aliphatic heterocycles. The third-order valence-corrected chi connectivity index (χ3v) is 3.04. The van der Waals surface area contributed by atoms with Crippen molar-refractivity contribution in [3.05, 3.63) is 35.9 Å². The maximum Gasteiger partial charge on any atom is 0.309 e. The first kappa shape index (κ1) is 17.2. The van der Waals surface area contributed by atoms with Crippen LogP contribution in [-0.2, 0) is 16.0 Å². The van der Waals surface area contributed by atoms with Crippen LogP contribution in [0.1, 0.15) is 18.4 Å². The molecule has 2 N–H and O–H groups in total. The number of benzene rings is 1. The lowest BCUT2D eigenvalue weighted by atomic mass is 10.1. The van der Waals surface area contributed by atoms with Crippen LogP contribution in [0.2, 0.25) is 0 Å². The lowest BCUT2D eigenvalue weighted by Gasteiger charge is -2.10. The van der Waals surface area contributed by atoms with Gasteiger partial charge in [-0.3, -0.25) is 9.59 Å². The maximum absolute atomic E-state index is 11.5. The summed E-state index contributed by atoms with van der Waals surface area (Å²) in [7, 11) is 3.95. The SMILES string of the molecule is CN(C)CCCNC(=O)C(=O)NCCCc1ccccc1. The molecule has 5 nitrogen and oxygen atoms in total. The molecule has 0 atom stereocenters. The Morgan fingerprint density at radius 1 is 0.952 bits per heavy atom. The number of carbonyl (C=O) groups excluding carboxylic acids is 2. The number of carbonyl (C=O) groups is 2. The van der Waals surface area contributed by atoms with Gasteiger partial charge < -0.3 is 15.5 Å². The zero-order valence-electron chi connectivity index (χ0n) is 12.9. The van der Waals surface area contributed by atoms with Gasteiger partial charge in [0.1, 0.15) is 0 Å². The van der Waals surface area contributed by atoms with E-state index >= 15 is 0 Å². The molecule has 5 heteroatoms. The zero-order valence-corrected chi connectivity index (χ0v) is 12.9. The van der Waals surface area contributed by atoms with Crippen molar-refractivity contribution in [1.29, 1.82) is 0 Å². The second kappa shape index (κ2) is 9.94. The Morgan fingerprint density at radius 2 is 1.52 bits per heavy atom. The van der Waals surface area contributed by atoms with E-state index in [9.17, 15) is 9.59 Å². The molecule has 2 amide bonds. The molecule has 1 rings (SSSR count). The maximum atomic E-state index is 11.5. The second-order valence-electron chi connectivity index (χ2n) is 5.26. The number of rotatable bonds is 8. The molecule has 0 radical (unpaired) electrons. The number of nitrogens with zero attached hydrogens (tertiary/aromatic N) is 1. The predicted molar refractivity (Wildman–Crippen MR) is 84.0 cm³/mol. The average Bonchev–Trinajstić information content (AvgIpc) is 2.48. The summed E-state index contributed by atoms with van der Waals surface area (Å²) in [5, 5.41) is 5.26. The molecule has 0 bridgehead atoms. The fourth-order valence-corrected chi connectivity index (χ4v) is 1.90. The van der Waals surface area contributed by atoms with Crippen molar-refractivity contribution in [3.63, 3.8) is 0 Å². The third kappa shape index (κ3) is 8.09. The highest BCUT2D eigenvalue weighted by atomic mass is 16.2. The summed E-state index contributed by atoms with van der Waals surface area (Å²) < 4.78 is 0. The minimum atomic E-state index is -0.548. The largest absolute Gasteiger partial charge is 0.348 e. The molecule has 1 aromatic rings. The van der Waals surface area contributed by atoms with Crippen LogP contribution in [0.15, 0.2) is 30.3 Å². The van der Waals surface area contributed by atoms with Gasteiger partial charge in [-0.05, 0) is 45.5 Å². The van der Waals surface area contributed by atoms with Gasteiger partial charge in [0.2, 0.25) is 0 Å². The van der Waals surface area contributed by atoms with E-state index in [-0.39, 0.29) is 0 Å². The van der Waals surface area contributed by atoms with E-state index in [1.807, 2.05) is 37.2 Å². The van der Waals surface area contributed by atoms with Gasteiger partial charge in [-0.15, -0.1) is 0 Å². The van der Waals surface area contributed by atoms with Crippen LogP contribution in [0.4, 0.5) is 0 Å². The lowest BCUT2D eigenvalue weighted by molar-refractivity contribution is -0.139. The van der Waals surface area contributed by atoms with Gasteiger partial charge in [0.05, 0.1) is 0 Å². The van der Waals surface area contributed by atoms with Crippen molar-refractivity contribution in [1.82, 2.24) is 15.5 Å². The summed E-state index contributed by atoms with van der Waals surface area (Å²) in [6.45, 7) is 1.92. The lowest BCUT2D eigenvalue weighted by Crippen LogP contribution is -2.41. The van der Waals surface area contributed by atoms with Crippen molar-refractivity contribution in [3.8, 4) is 0 Å². The molecular weight excluding hydrogens is 266 g/mol. The Labute approximate surface area is 126 Å². The van der Waals surface area contributed by atoms with E-state index in [4.69, 9.17) is 0 Å². The number of hydrogen-bond donors (Lipinski definition) is 2. The quantitative estimate of drug-likeness (QED) is 0.550. The Hall–Kier alpha value is -1.88. The van der Waals surface area contributed by atoms with E-state index in [1.165, 1.54) is 5.56 Å². The van der Waals surface area contributed by atoms with Crippen LogP contribution in [0.25, 0.3) is 0 Å². The highest BCUT2D eigenvalue weighted by Gasteiger charge is 2.11. The Kier molecular flexibility index (Phi) is 8.12. The van der Waals surface area contributed by atoms with Crippen LogP contribution in [0.3, 0.4) is 0 Å². The van der Waals surface area contributed by atoms with Crippen molar-refractivity contribution in [2.24, 2.45) is 0 Å². The fraction of sp³-hybridized carbons (Fsp3) is 0.500. The molecule has 0 saturated heterocycles. The average molecular weight is 291 g/mol. The van der Waals surface area contributed by atoms with E-state index in [0.717, 1.165) is 25.8 Å². The number of amides is 2. The van der Waals surface area contributed by atoms with Crippen LogP contribution in [0.5, 0.6) is 0 Å². The molecule has 0 fully saturated rings. The summed E-state index contributed by atoms with van der Waals surface area (Å²) in [5.41, 5.74) is 1.24. The number of aryl methyl sites for hydroxylation is 1. The van der Waals surface area contributed by atoms with Crippen LogP contribution >= 0.6 is 0 Å². The molecule has 0 aliphatic carbocycles. The Morgan fingerprint density at radius 3 is 2.10 bits per heavy atom. The van der Waals surface area contributed by atoms with Gasteiger partial charge in [-0.2, -0.15) is 0 Å². The molecular formula is C16H25N3O2. The molecule has 116 valence electrons. The van der Waals surface area contributed by atoms with Crippen molar-refractivity contribution < 1.29 is 9.59 Å². The van der Waals surface area contributed by atoms with E-state index in [0.29, 0.717) is 13.1 Å². The smallest absolute Gasteiger partial charge is 0.309 e. The normalized spacial score (nSPS) is 10.4. The van der Waals surface area contributed by atoms with Crippen LogP contribution in [-0.4, -0.2) is 50.4 Å². The van der Waals surface area contributed by atoms with Crippen LogP contribution in [0, 0.1) is 0 Å². The van der Waals surface area contributed by atoms with E-state index in [2.05, 4.69) is 22.8 Å². The van der Waals surface area contributed by atoms with Gasteiger partial charge in [0.25, 0.3) is 0 Å². The molecule has 21 heavy (non-hydrogen) atoms. The van der Waals surface area contributed by atoms with Gasteiger partial charge in [-0.1, -0.05) is 30.3 Å². The van der Waals surface area contributed by atoms with Crippen molar-refractivity contribution in [2.45, 2.75) is 19.3 Å². The second-order valence-corrected chi connectivity index (χ2v) is 5.26. The zero-order chi connectivity index (χ0) is 15.5. The van der Waals surface area contributed by atoms with Gasteiger partial charge >= 0.3 is 11.8 Å². The molecule has 1 aromatic carbocycles. The fourth-order valence-electron chi connectivity index (χ4n) is 1.90. The van der Waals surface area contributed by atoms with Gasteiger partial charge in [0.15, 0.2) is 0 Å². The summed E-state index contributed by atoms with van der Waals surface area (Å²) >= 11 is 0. The molecule has 0 aliphatic rings. The molecule has 0 aromatic heterocycles. The summed E-state index contributed by atoms with van der Waals surface area (Å²) in [6, 6.07) is 10.1. The first-order valence-electron chi connectivity index (χ1n) is 7.34. The van der Waals surface area contributed by atoms with Crippen molar-refractivity contribution >= 4 is 11.8 Å². The highest BCUT2D eigenvalue weighted by molar-refractivity contribution is 6.35. The molecule has 0 saturated carbocycles. The molecule has 0 unspecified atom stereocenters.